The topological polar surface area (TPSA) is 93.4 Å². The molecule has 0 spiro atoms. The van der Waals surface area contributed by atoms with Crippen LogP contribution in [0.25, 0.3) is 5.69 Å². The van der Waals surface area contributed by atoms with Crippen LogP contribution < -0.4 is 15.2 Å². The van der Waals surface area contributed by atoms with E-state index in [1.165, 1.54) is 16.8 Å². The summed E-state index contributed by atoms with van der Waals surface area (Å²) in [6.45, 7) is 1.04. The summed E-state index contributed by atoms with van der Waals surface area (Å²) >= 11 is 18.1. The summed E-state index contributed by atoms with van der Waals surface area (Å²) in [7, 11) is -2.25. The van der Waals surface area contributed by atoms with Gasteiger partial charge in [-0.2, -0.15) is 0 Å². The van der Waals surface area contributed by atoms with Crippen molar-refractivity contribution in [3.8, 4) is 5.69 Å². The van der Waals surface area contributed by atoms with Crippen molar-refractivity contribution in [1.82, 2.24) is 9.36 Å². The van der Waals surface area contributed by atoms with Crippen molar-refractivity contribution in [2.24, 2.45) is 7.05 Å². The predicted octanol–water partition coefficient (Wildman–Crippen LogP) is 3.85. The first-order valence-electron chi connectivity index (χ1n) is 9.18. The lowest BCUT2D eigenvalue weighted by Gasteiger charge is -2.23. The number of amides is 1. The van der Waals surface area contributed by atoms with Crippen molar-refractivity contribution in [3.63, 3.8) is 0 Å². The maximum atomic E-state index is 13.0. The van der Waals surface area contributed by atoms with E-state index in [2.05, 4.69) is 5.32 Å². The fourth-order valence-electron chi connectivity index (χ4n) is 3.11. The zero-order valence-corrected chi connectivity index (χ0v) is 20.3. The van der Waals surface area contributed by atoms with E-state index in [4.69, 9.17) is 34.8 Å². The third-order valence-corrected chi connectivity index (χ3v) is 6.92. The summed E-state index contributed by atoms with van der Waals surface area (Å²) in [6.07, 6.45) is 0.926. The molecular weight excluding hydrogens is 499 g/mol. The number of benzene rings is 2. The van der Waals surface area contributed by atoms with E-state index in [1.807, 2.05) is 6.07 Å². The Labute approximate surface area is 199 Å². The van der Waals surface area contributed by atoms with Gasteiger partial charge in [-0.25, -0.2) is 13.1 Å². The summed E-state index contributed by atoms with van der Waals surface area (Å²) in [6, 6.07) is 11.4. The van der Waals surface area contributed by atoms with Gasteiger partial charge < -0.3 is 5.32 Å². The van der Waals surface area contributed by atoms with Crippen LogP contribution in [0.1, 0.15) is 5.69 Å². The Hall–Kier alpha value is -2.46. The molecule has 0 bridgehead atoms. The van der Waals surface area contributed by atoms with Gasteiger partial charge in [-0.05, 0) is 31.2 Å². The number of sulfonamides is 1. The van der Waals surface area contributed by atoms with E-state index in [9.17, 15) is 18.0 Å². The van der Waals surface area contributed by atoms with Gasteiger partial charge in [0.25, 0.3) is 5.56 Å². The lowest BCUT2D eigenvalue weighted by atomic mass is 10.3. The van der Waals surface area contributed by atoms with Gasteiger partial charge in [0.1, 0.15) is 12.2 Å². The largest absolute Gasteiger partial charge is 0.318 e. The van der Waals surface area contributed by atoms with Crippen LogP contribution in [-0.2, 0) is 21.9 Å². The predicted molar refractivity (Wildman–Crippen MR) is 128 cm³/mol. The molecule has 0 saturated heterocycles. The number of carbonyl (C=O) groups is 1. The second-order valence-corrected chi connectivity index (χ2v) is 10.1. The minimum atomic E-state index is -3.93. The van der Waals surface area contributed by atoms with Crippen molar-refractivity contribution in [2.75, 3.05) is 22.4 Å². The standard InChI is InChI=1S/C20H19Cl3N4O4S/c1-12-19(20(29)27(25(12)2)13-7-5-4-6-8-13)24-18(28)11-26(32(3,30)31)17-10-15(22)14(21)9-16(17)23/h4-10H,11H2,1-3H3,(H,24,28). The van der Waals surface area contributed by atoms with Gasteiger partial charge in [0, 0.05) is 7.05 Å². The van der Waals surface area contributed by atoms with Crippen molar-refractivity contribution >= 4 is 62.1 Å². The average molecular weight is 518 g/mol. The Morgan fingerprint density at radius 3 is 2.25 bits per heavy atom. The Morgan fingerprint density at radius 1 is 1.06 bits per heavy atom. The summed E-state index contributed by atoms with van der Waals surface area (Å²) in [5.74, 6) is -0.733. The molecule has 2 aromatic carbocycles. The first kappa shape index (κ1) is 24.2. The molecule has 0 aliphatic heterocycles. The minimum Gasteiger partial charge on any atom is -0.318 e. The molecule has 0 fully saturated rings. The molecule has 0 aliphatic carbocycles. The van der Waals surface area contributed by atoms with E-state index < -0.39 is 28.0 Å². The number of halogens is 3. The zero-order chi connectivity index (χ0) is 23.8. The van der Waals surface area contributed by atoms with Gasteiger partial charge in [0.2, 0.25) is 15.9 Å². The number of nitrogens with one attached hydrogen (secondary N) is 1. The maximum absolute atomic E-state index is 13.0. The summed E-state index contributed by atoms with van der Waals surface area (Å²) in [5, 5.41) is 2.74. The van der Waals surface area contributed by atoms with E-state index >= 15 is 0 Å². The maximum Gasteiger partial charge on any atom is 0.295 e. The zero-order valence-electron chi connectivity index (χ0n) is 17.3. The Kier molecular flexibility index (Phi) is 6.94. The van der Waals surface area contributed by atoms with Gasteiger partial charge in [-0.3, -0.25) is 18.6 Å². The second-order valence-electron chi connectivity index (χ2n) is 6.97. The first-order valence-corrected chi connectivity index (χ1v) is 12.2. The number of hydrogen-bond acceptors (Lipinski definition) is 4. The van der Waals surface area contributed by atoms with Crippen molar-refractivity contribution in [1.29, 1.82) is 0 Å². The highest BCUT2D eigenvalue weighted by Gasteiger charge is 2.26. The molecular formula is C20H19Cl3N4O4S. The minimum absolute atomic E-state index is 0.0000463. The Morgan fingerprint density at radius 2 is 1.66 bits per heavy atom. The number of hydrogen-bond donors (Lipinski definition) is 1. The van der Waals surface area contributed by atoms with E-state index in [1.54, 1.807) is 42.9 Å². The molecule has 32 heavy (non-hydrogen) atoms. The van der Waals surface area contributed by atoms with Crippen LogP contribution in [-0.4, -0.2) is 36.5 Å². The van der Waals surface area contributed by atoms with E-state index in [-0.39, 0.29) is 26.4 Å². The fraction of sp³-hybridized carbons (Fsp3) is 0.200. The van der Waals surface area contributed by atoms with Gasteiger partial charge in [0.05, 0.1) is 38.4 Å². The normalized spacial score (nSPS) is 11.4. The molecule has 3 rings (SSSR count). The van der Waals surface area contributed by atoms with Crippen molar-refractivity contribution in [2.45, 2.75) is 6.92 Å². The molecule has 1 aromatic heterocycles. The fourth-order valence-corrected chi connectivity index (χ4v) is 4.66. The number of anilines is 2. The molecule has 1 amide bonds. The lowest BCUT2D eigenvalue weighted by molar-refractivity contribution is -0.114. The van der Waals surface area contributed by atoms with Crippen molar-refractivity contribution in [3.05, 3.63) is 73.6 Å². The lowest BCUT2D eigenvalue weighted by Crippen LogP contribution is -2.38. The second kappa shape index (κ2) is 9.19. The highest BCUT2D eigenvalue weighted by molar-refractivity contribution is 7.92. The Bertz CT molecular complexity index is 1350. The molecule has 0 saturated carbocycles. The molecule has 0 aliphatic rings. The number of rotatable bonds is 6. The third kappa shape index (κ3) is 4.80. The molecule has 0 unspecified atom stereocenters. The molecule has 12 heteroatoms. The summed E-state index contributed by atoms with van der Waals surface area (Å²) < 4.78 is 28.6. The quantitative estimate of drug-likeness (QED) is 0.503. The van der Waals surface area contributed by atoms with Gasteiger partial charge >= 0.3 is 0 Å². The summed E-state index contributed by atoms with van der Waals surface area (Å²) in [5.41, 5.74) is 0.679. The van der Waals surface area contributed by atoms with Crippen LogP contribution in [0.5, 0.6) is 0 Å². The number of para-hydroxylation sites is 1. The van der Waals surface area contributed by atoms with Crippen molar-refractivity contribution < 1.29 is 13.2 Å². The van der Waals surface area contributed by atoms with Crippen LogP contribution >= 0.6 is 34.8 Å². The number of aromatic nitrogens is 2. The first-order chi connectivity index (χ1) is 14.9. The number of nitrogens with zero attached hydrogens (tertiary/aromatic N) is 3. The highest BCUT2D eigenvalue weighted by Crippen LogP contribution is 2.35. The average Bonchev–Trinajstić information content (AvgIpc) is 2.92. The molecule has 0 atom stereocenters. The highest BCUT2D eigenvalue weighted by atomic mass is 35.5. The monoisotopic (exact) mass is 516 g/mol. The van der Waals surface area contributed by atoms with Crippen LogP contribution in [0.15, 0.2) is 47.3 Å². The van der Waals surface area contributed by atoms with Gasteiger partial charge in [-0.15, -0.1) is 0 Å². The molecule has 0 radical (unpaired) electrons. The molecule has 170 valence electrons. The third-order valence-electron chi connectivity index (χ3n) is 4.76. The molecule has 1 N–H and O–H groups in total. The van der Waals surface area contributed by atoms with E-state index in [0.717, 1.165) is 10.6 Å². The van der Waals surface area contributed by atoms with Gasteiger partial charge in [0.15, 0.2) is 0 Å². The Balaban J connectivity index is 1.95. The van der Waals surface area contributed by atoms with Crippen LogP contribution in [0.3, 0.4) is 0 Å². The smallest absolute Gasteiger partial charge is 0.295 e. The van der Waals surface area contributed by atoms with Crippen LogP contribution in [0, 0.1) is 6.92 Å². The summed E-state index contributed by atoms with van der Waals surface area (Å²) in [4.78, 5) is 25.8. The number of carbonyl (C=O) groups excluding carboxylic acids is 1. The molecule has 8 nitrogen and oxygen atoms in total. The van der Waals surface area contributed by atoms with Crippen LogP contribution in [0.4, 0.5) is 11.4 Å². The molecule has 3 aromatic rings. The SMILES string of the molecule is Cc1c(NC(=O)CN(c2cc(Cl)c(Cl)cc2Cl)S(C)(=O)=O)c(=O)n(-c2ccccc2)n1C. The molecule has 1 heterocycles. The van der Waals surface area contributed by atoms with Gasteiger partial charge in [-0.1, -0.05) is 53.0 Å². The van der Waals surface area contributed by atoms with Crippen LogP contribution in [0.2, 0.25) is 15.1 Å². The van der Waals surface area contributed by atoms with E-state index in [0.29, 0.717) is 11.4 Å².